The van der Waals surface area contributed by atoms with E-state index in [0.717, 1.165) is 19.3 Å². The zero-order valence-corrected chi connectivity index (χ0v) is 17.2. The van der Waals surface area contributed by atoms with Gasteiger partial charge in [-0.15, -0.1) is 0 Å². The molecule has 0 aliphatic heterocycles. The maximum atomic E-state index is 14.8. The Balaban J connectivity index is 1.73. The highest BCUT2D eigenvalue weighted by atomic mass is 35.5. The van der Waals surface area contributed by atoms with E-state index >= 15 is 0 Å². The maximum absolute atomic E-state index is 14.8. The van der Waals surface area contributed by atoms with Gasteiger partial charge in [-0.05, 0) is 55.5 Å². The van der Waals surface area contributed by atoms with Crippen molar-refractivity contribution in [2.45, 2.75) is 44.8 Å². The molecular formula is C20H19Cl3FNO3. The Morgan fingerprint density at radius 2 is 1.86 bits per heavy atom. The molecule has 0 aromatic heterocycles. The standard InChI is InChI=1S/C20H19Cl3FNO3/c21-13-8-12(19(24)17(9-13)25-14-2-1-3-14)10-28-20-15(22)6-11(7-16(20)23)4-5-18(26)27/h6-9,14,25H,1-5,10H2,(H,26,27). The summed E-state index contributed by atoms with van der Waals surface area (Å²) < 4.78 is 20.5. The Morgan fingerprint density at radius 3 is 2.43 bits per heavy atom. The van der Waals surface area contributed by atoms with Crippen molar-refractivity contribution in [1.29, 1.82) is 0 Å². The number of carboxylic acid groups (broad SMARTS) is 1. The van der Waals surface area contributed by atoms with Crippen molar-refractivity contribution < 1.29 is 19.0 Å². The van der Waals surface area contributed by atoms with E-state index in [-0.39, 0.29) is 40.4 Å². The van der Waals surface area contributed by atoms with Crippen LogP contribution in [0.3, 0.4) is 0 Å². The van der Waals surface area contributed by atoms with E-state index in [2.05, 4.69) is 5.32 Å². The normalized spacial score (nSPS) is 13.9. The van der Waals surface area contributed by atoms with Gasteiger partial charge in [0.15, 0.2) is 11.6 Å². The van der Waals surface area contributed by atoms with E-state index < -0.39 is 11.8 Å². The molecule has 0 heterocycles. The molecule has 2 N–H and O–H groups in total. The molecule has 0 spiro atoms. The average molecular weight is 447 g/mol. The fourth-order valence-corrected chi connectivity index (χ4v) is 3.81. The number of halogens is 4. The Bertz CT molecular complexity index is 864. The van der Waals surface area contributed by atoms with Crippen LogP contribution in [0.2, 0.25) is 15.1 Å². The number of rotatable bonds is 8. The van der Waals surface area contributed by atoms with Gasteiger partial charge in [-0.2, -0.15) is 0 Å². The molecular weight excluding hydrogens is 428 g/mol. The molecule has 4 nitrogen and oxygen atoms in total. The van der Waals surface area contributed by atoms with Gasteiger partial charge in [0.25, 0.3) is 0 Å². The second kappa shape index (κ2) is 9.21. The summed E-state index contributed by atoms with van der Waals surface area (Å²) >= 11 is 18.6. The molecule has 2 aromatic carbocycles. The van der Waals surface area contributed by atoms with Crippen LogP contribution < -0.4 is 10.1 Å². The highest BCUT2D eigenvalue weighted by molar-refractivity contribution is 6.37. The maximum Gasteiger partial charge on any atom is 0.303 e. The van der Waals surface area contributed by atoms with Crippen LogP contribution in [-0.2, 0) is 17.8 Å². The molecule has 1 fully saturated rings. The number of aliphatic carboxylic acids is 1. The zero-order chi connectivity index (χ0) is 20.3. The number of nitrogens with one attached hydrogen (secondary N) is 1. The van der Waals surface area contributed by atoms with Crippen molar-refractivity contribution >= 4 is 46.5 Å². The minimum Gasteiger partial charge on any atom is -0.486 e. The third kappa shape index (κ3) is 5.22. The monoisotopic (exact) mass is 445 g/mol. The highest BCUT2D eigenvalue weighted by Gasteiger charge is 2.20. The molecule has 2 aromatic rings. The number of aryl methyl sites for hydroxylation is 1. The van der Waals surface area contributed by atoms with Crippen molar-refractivity contribution in [3.05, 3.63) is 56.3 Å². The number of hydrogen-bond donors (Lipinski definition) is 2. The van der Waals surface area contributed by atoms with Crippen LogP contribution in [0.25, 0.3) is 0 Å². The van der Waals surface area contributed by atoms with Gasteiger partial charge in [0.1, 0.15) is 6.61 Å². The molecule has 3 rings (SSSR count). The number of carbonyl (C=O) groups is 1. The van der Waals surface area contributed by atoms with Crippen molar-refractivity contribution in [2.24, 2.45) is 0 Å². The van der Waals surface area contributed by atoms with Crippen molar-refractivity contribution in [3.8, 4) is 5.75 Å². The van der Waals surface area contributed by atoms with E-state index in [1.165, 1.54) is 6.07 Å². The molecule has 28 heavy (non-hydrogen) atoms. The smallest absolute Gasteiger partial charge is 0.303 e. The third-order valence-electron chi connectivity index (χ3n) is 4.64. The molecule has 0 radical (unpaired) electrons. The van der Waals surface area contributed by atoms with Crippen LogP contribution in [0.15, 0.2) is 24.3 Å². The van der Waals surface area contributed by atoms with Crippen molar-refractivity contribution in [3.63, 3.8) is 0 Å². The summed E-state index contributed by atoms with van der Waals surface area (Å²) in [5.74, 6) is -1.10. The summed E-state index contributed by atoms with van der Waals surface area (Å²) in [5.41, 5.74) is 1.33. The summed E-state index contributed by atoms with van der Waals surface area (Å²) in [6, 6.07) is 6.54. The van der Waals surface area contributed by atoms with Crippen LogP contribution in [0, 0.1) is 5.82 Å². The van der Waals surface area contributed by atoms with Gasteiger partial charge in [0, 0.05) is 23.0 Å². The Labute approximate surface area is 177 Å². The molecule has 1 aliphatic rings. The first-order chi connectivity index (χ1) is 13.3. The van der Waals surface area contributed by atoms with Gasteiger partial charge in [-0.3, -0.25) is 4.79 Å². The lowest BCUT2D eigenvalue weighted by Crippen LogP contribution is -2.27. The van der Waals surface area contributed by atoms with E-state index in [1.54, 1.807) is 18.2 Å². The Hall–Kier alpha value is -1.69. The summed E-state index contributed by atoms with van der Waals surface area (Å²) in [7, 11) is 0. The van der Waals surface area contributed by atoms with Gasteiger partial charge < -0.3 is 15.2 Å². The average Bonchev–Trinajstić information content (AvgIpc) is 2.58. The predicted molar refractivity (Wildman–Crippen MR) is 109 cm³/mol. The Kier molecular flexibility index (Phi) is 6.91. The van der Waals surface area contributed by atoms with Crippen LogP contribution in [-0.4, -0.2) is 17.1 Å². The number of ether oxygens (including phenoxy) is 1. The second-order valence-corrected chi connectivity index (χ2v) is 8.02. The minimum absolute atomic E-state index is 0.0304. The largest absolute Gasteiger partial charge is 0.486 e. The minimum atomic E-state index is -0.907. The lowest BCUT2D eigenvalue weighted by molar-refractivity contribution is -0.136. The van der Waals surface area contributed by atoms with Crippen molar-refractivity contribution in [2.75, 3.05) is 5.32 Å². The lowest BCUT2D eigenvalue weighted by Gasteiger charge is -2.28. The fraction of sp³-hybridized carbons (Fsp3) is 0.350. The molecule has 0 bridgehead atoms. The summed E-state index contributed by atoms with van der Waals surface area (Å²) in [4.78, 5) is 10.7. The van der Waals surface area contributed by atoms with Crippen LogP contribution in [0.5, 0.6) is 5.75 Å². The third-order valence-corrected chi connectivity index (χ3v) is 5.41. The number of benzene rings is 2. The molecule has 8 heteroatoms. The van der Waals surface area contributed by atoms with Crippen molar-refractivity contribution in [1.82, 2.24) is 0 Å². The topological polar surface area (TPSA) is 58.6 Å². The lowest BCUT2D eigenvalue weighted by atomic mass is 9.93. The van der Waals surface area contributed by atoms with E-state index in [1.807, 2.05) is 0 Å². The molecule has 0 saturated heterocycles. The van der Waals surface area contributed by atoms with Gasteiger partial charge >= 0.3 is 5.97 Å². The number of anilines is 1. The Morgan fingerprint density at radius 1 is 1.18 bits per heavy atom. The van der Waals surface area contributed by atoms with Crippen LogP contribution in [0.4, 0.5) is 10.1 Å². The summed E-state index contributed by atoms with van der Waals surface area (Å²) in [6.07, 6.45) is 3.43. The zero-order valence-electron chi connectivity index (χ0n) is 14.9. The quantitative estimate of drug-likeness (QED) is 0.496. The van der Waals surface area contributed by atoms with E-state index in [4.69, 9.17) is 44.6 Å². The van der Waals surface area contributed by atoms with E-state index in [9.17, 15) is 9.18 Å². The molecule has 0 amide bonds. The van der Waals surface area contributed by atoms with Gasteiger partial charge in [0.2, 0.25) is 0 Å². The first kappa shape index (κ1) is 21.0. The first-order valence-corrected chi connectivity index (χ1v) is 10.0. The number of hydrogen-bond acceptors (Lipinski definition) is 3. The molecule has 1 saturated carbocycles. The van der Waals surface area contributed by atoms with Crippen LogP contribution >= 0.6 is 34.8 Å². The molecule has 150 valence electrons. The molecule has 1 aliphatic carbocycles. The fourth-order valence-electron chi connectivity index (χ4n) is 2.92. The van der Waals surface area contributed by atoms with E-state index in [0.29, 0.717) is 22.7 Å². The van der Waals surface area contributed by atoms with Gasteiger partial charge in [-0.25, -0.2) is 4.39 Å². The molecule has 0 atom stereocenters. The summed E-state index contributed by atoms with van der Waals surface area (Å²) in [5, 5.41) is 12.8. The summed E-state index contributed by atoms with van der Waals surface area (Å²) in [6.45, 7) is -0.0976. The SMILES string of the molecule is O=C(O)CCc1cc(Cl)c(OCc2cc(Cl)cc(NC3CCC3)c2F)c(Cl)c1. The van der Waals surface area contributed by atoms with Gasteiger partial charge in [0.05, 0.1) is 15.7 Å². The van der Waals surface area contributed by atoms with Crippen LogP contribution in [0.1, 0.15) is 36.8 Å². The first-order valence-electron chi connectivity index (χ1n) is 8.90. The molecule has 0 unspecified atom stereocenters. The second-order valence-electron chi connectivity index (χ2n) is 6.77. The predicted octanol–water partition coefficient (Wildman–Crippen LogP) is 6.35. The highest BCUT2D eigenvalue weighted by Crippen LogP contribution is 2.36. The number of carboxylic acids is 1. The van der Waals surface area contributed by atoms with Gasteiger partial charge in [-0.1, -0.05) is 34.8 Å².